The van der Waals surface area contributed by atoms with Gasteiger partial charge in [-0.3, -0.25) is 28.0 Å². The lowest BCUT2D eigenvalue weighted by atomic mass is 10.2. The SMILES string of the molecule is CNC(=O)[C@H](COc1ncc(Cl)c2c1c(=O)cc(C)n2-c1c(Cl)cc(OCCOC(C)=O)cc1Cl)OP(=O)(OCc1ccccc1)OCc1ccccc1. The van der Waals surface area contributed by atoms with Gasteiger partial charge in [0.25, 0.3) is 5.91 Å². The van der Waals surface area contributed by atoms with E-state index < -0.39 is 37.8 Å². The van der Waals surface area contributed by atoms with Crippen LogP contribution in [0.15, 0.2) is 89.9 Å². The Balaban J connectivity index is 1.45. The van der Waals surface area contributed by atoms with Crippen LogP contribution in [0.5, 0.6) is 11.6 Å². The van der Waals surface area contributed by atoms with Crippen LogP contribution in [0.25, 0.3) is 16.6 Å². The maximum Gasteiger partial charge on any atom is 0.476 e. The predicted molar refractivity (Wildman–Crippen MR) is 204 cm³/mol. The second kappa shape index (κ2) is 18.7. The van der Waals surface area contributed by atoms with E-state index in [1.54, 1.807) is 60.0 Å². The molecule has 0 bridgehead atoms. The maximum absolute atomic E-state index is 14.1. The number of hydrogen-bond donors (Lipinski definition) is 1. The molecular weight excluding hydrogens is 784 g/mol. The van der Waals surface area contributed by atoms with E-state index in [0.717, 1.165) is 0 Å². The van der Waals surface area contributed by atoms with Gasteiger partial charge in [0.05, 0.1) is 45.7 Å². The second-order valence-electron chi connectivity index (χ2n) is 11.5. The van der Waals surface area contributed by atoms with E-state index in [-0.39, 0.29) is 64.0 Å². The lowest BCUT2D eigenvalue weighted by molar-refractivity contribution is -0.141. The molecule has 5 rings (SSSR count). The van der Waals surface area contributed by atoms with Crippen molar-refractivity contribution in [2.45, 2.75) is 33.2 Å². The molecule has 2 heterocycles. The molecule has 0 fully saturated rings. The average molecular weight is 819 g/mol. The van der Waals surface area contributed by atoms with Crippen molar-refractivity contribution in [1.29, 1.82) is 0 Å². The molecule has 5 aromatic rings. The molecule has 3 aromatic carbocycles. The fraction of sp³-hybridized carbons (Fsp3) is 0.243. The van der Waals surface area contributed by atoms with E-state index in [1.807, 2.05) is 12.1 Å². The minimum absolute atomic E-state index is 0.0198. The number of carbonyl (C=O) groups is 2. The van der Waals surface area contributed by atoms with Gasteiger partial charge < -0.3 is 24.1 Å². The number of pyridine rings is 2. The molecule has 0 saturated heterocycles. The quantitative estimate of drug-likeness (QED) is 0.0559. The summed E-state index contributed by atoms with van der Waals surface area (Å²) in [5, 5.41) is 2.73. The van der Waals surface area contributed by atoms with Gasteiger partial charge in [0.1, 0.15) is 31.0 Å². The van der Waals surface area contributed by atoms with Crippen molar-refractivity contribution in [3.63, 3.8) is 0 Å². The maximum atomic E-state index is 14.1. The van der Waals surface area contributed by atoms with Crippen molar-refractivity contribution in [3.05, 3.63) is 127 Å². The van der Waals surface area contributed by atoms with Gasteiger partial charge in [0, 0.05) is 37.9 Å². The highest BCUT2D eigenvalue weighted by Crippen LogP contribution is 2.52. The minimum Gasteiger partial charge on any atom is -0.490 e. The second-order valence-corrected chi connectivity index (χ2v) is 14.4. The van der Waals surface area contributed by atoms with E-state index in [0.29, 0.717) is 22.6 Å². The van der Waals surface area contributed by atoms with Gasteiger partial charge >= 0.3 is 13.8 Å². The Morgan fingerprint density at radius 1 is 0.870 bits per heavy atom. The Labute approximate surface area is 325 Å². The van der Waals surface area contributed by atoms with Crippen LogP contribution in [0.3, 0.4) is 0 Å². The number of benzene rings is 3. The first-order chi connectivity index (χ1) is 25.9. The van der Waals surface area contributed by atoms with E-state index in [9.17, 15) is 18.9 Å². The molecule has 1 amide bonds. The summed E-state index contributed by atoms with van der Waals surface area (Å²) in [7, 11) is -3.09. The predicted octanol–water partition coefficient (Wildman–Crippen LogP) is 7.65. The van der Waals surface area contributed by atoms with Crippen molar-refractivity contribution >= 4 is 65.4 Å². The van der Waals surface area contributed by atoms with Crippen LogP contribution in [0, 0.1) is 6.92 Å². The number of fused-ring (bicyclic) bond motifs is 1. The highest BCUT2D eigenvalue weighted by molar-refractivity contribution is 7.48. The minimum atomic E-state index is -4.45. The molecule has 0 unspecified atom stereocenters. The number of rotatable bonds is 17. The summed E-state index contributed by atoms with van der Waals surface area (Å²) in [5.41, 5.74) is 1.69. The molecule has 0 aliphatic heterocycles. The summed E-state index contributed by atoms with van der Waals surface area (Å²) in [6, 6.07) is 22.2. The molecule has 1 N–H and O–H groups in total. The smallest absolute Gasteiger partial charge is 0.476 e. The van der Waals surface area contributed by atoms with Crippen LogP contribution >= 0.6 is 42.6 Å². The van der Waals surface area contributed by atoms with E-state index >= 15 is 0 Å². The van der Waals surface area contributed by atoms with Crippen LogP contribution in [0.1, 0.15) is 23.7 Å². The number of aryl methyl sites for hydroxylation is 1. The fourth-order valence-corrected chi connectivity index (χ4v) is 7.31. The van der Waals surface area contributed by atoms with Crippen molar-refractivity contribution in [2.75, 3.05) is 26.9 Å². The Morgan fingerprint density at radius 2 is 1.46 bits per heavy atom. The van der Waals surface area contributed by atoms with E-state index in [2.05, 4.69) is 10.3 Å². The molecule has 0 aliphatic carbocycles. The third-order valence-electron chi connectivity index (χ3n) is 7.64. The van der Waals surface area contributed by atoms with E-state index in [1.165, 1.54) is 38.4 Å². The van der Waals surface area contributed by atoms with Crippen LogP contribution in [0.4, 0.5) is 0 Å². The summed E-state index contributed by atoms with van der Waals surface area (Å²) in [4.78, 5) is 42.0. The number of phosphoric acid groups is 1. The Kier molecular flexibility index (Phi) is 14.1. The first-order valence-electron chi connectivity index (χ1n) is 16.3. The molecule has 1 atom stereocenters. The molecule has 0 radical (unpaired) electrons. The summed E-state index contributed by atoms with van der Waals surface area (Å²) in [5.74, 6) is -1.08. The zero-order valence-corrected chi connectivity index (χ0v) is 32.4. The summed E-state index contributed by atoms with van der Waals surface area (Å²) in [6.45, 7) is 2.14. The third kappa shape index (κ3) is 10.4. The van der Waals surface area contributed by atoms with Crippen molar-refractivity contribution in [2.24, 2.45) is 0 Å². The Bertz CT molecular complexity index is 2150. The standard InChI is InChI=1S/C37H35Cl3N3O10P/c1-23-16-31(45)33-35(43(23)34-28(38)17-27(18-29(34)39)49-15-14-48-24(2)44)30(40)19-42-37(33)50-22-32(36(46)41-3)53-54(47,51-20-25-10-6-4-7-11-25)52-21-26-12-8-5-9-13-26/h4-13,16-19,32H,14-15,20-22H2,1-3H3,(H,41,46)/t32-/m0/s1. The van der Waals surface area contributed by atoms with Crippen LogP contribution < -0.4 is 20.2 Å². The highest BCUT2D eigenvalue weighted by atomic mass is 35.5. The van der Waals surface area contributed by atoms with Crippen LogP contribution in [-0.2, 0) is 45.7 Å². The first-order valence-corrected chi connectivity index (χ1v) is 18.9. The van der Waals surface area contributed by atoms with Crippen molar-refractivity contribution < 1.29 is 41.9 Å². The zero-order valence-electron chi connectivity index (χ0n) is 29.3. The number of nitrogens with one attached hydrogen (secondary N) is 1. The summed E-state index contributed by atoms with van der Waals surface area (Å²) < 4.78 is 49.4. The largest absolute Gasteiger partial charge is 0.490 e. The van der Waals surface area contributed by atoms with Crippen molar-refractivity contribution in [3.8, 4) is 17.3 Å². The Hall–Kier alpha value is -4.46. The monoisotopic (exact) mass is 817 g/mol. The number of halogens is 3. The molecular formula is C37H35Cl3N3O10P. The molecule has 54 heavy (non-hydrogen) atoms. The topological polar surface area (TPSA) is 154 Å². The zero-order chi connectivity index (χ0) is 38.8. The van der Waals surface area contributed by atoms with Gasteiger partial charge in [-0.25, -0.2) is 9.55 Å². The highest BCUT2D eigenvalue weighted by Gasteiger charge is 2.35. The summed E-state index contributed by atoms with van der Waals surface area (Å²) in [6.07, 6.45) is -0.306. The number of aromatic nitrogens is 2. The van der Waals surface area contributed by atoms with Crippen LogP contribution in [-0.4, -0.2) is 54.4 Å². The number of amides is 1. The number of phosphoric ester groups is 1. The molecule has 284 valence electrons. The van der Waals surface area contributed by atoms with Crippen molar-refractivity contribution in [1.82, 2.24) is 14.9 Å². The molecule has 17 heteroatoms. The van der Waals surface area contributed by atoms with Gasteiger partial charge in [-0.15, -0.1) is 0 Å². The number of hydrogen-bond acceptors (Lipinski definition) is 11. The first kappa shape index (κ1) is 40.7. The van der Waals surface area contributed by atoms with Gasteiger partial charge in [0.2, 0.25) is 5.88 Å². The van der Waals surface area contributed by atoms with Gasteiger partial charge in [-0.1, -0.05) is 95.5 Å². The number of likely N-dealkylation sites (N-methyl/N-ethyl adjacent to an activating group) is 1. The number of nitrogens with zero attached hydrogens (tertiary/aromatic N) is 2. The molecule has 0 saturated carbocycles. The summed E-state index contributed by atoms with van der Waals surface area (Å²) >= 11 is 20.1. The van der Waals surface area contributed by atoms with Gasteiger partial charge in [-0.2, -0.15) is 0 Å². The average Bonchev–Trinajstić information content (AvgIpc) is 3.15. The number of esters is 1. The van der Waals surface area contributed by atoms with E-state index in [4.69, 9.17) is 62.6 Å². The van der Waals surface area contributed by atoms with Gasteiger partial charge in [0.15, 0.2) is 11.5 Å². The van der Waals surface area contributed by atoms with Crippen LogP contribution in [0.2, 0.25) is 15.1 Å². The lowest BCUT2D eigenvalue weighted by Crippen LogP contribution is -2.38. The molecule has 0 spiro atoms. The van der Waals surface area contributed by atoms with Gasteiger partial charge in [-0.05, 0) is 18.1 Å². The third-order valence-corrected chi connectivity index (χ3v) is 9.89. The fourth-order valence-electron chi connectivity index (χ4n) is 5.17. The normalized spacial score (nSPS) is 12.0. The lowest BCUT2D eigenvalue weighted by Gasteiger charge is -2.24. The Morgan fingerprint density at radius 3 is 2.02 bits per heavy atom. The molecule has 13 nitrogen and oxygen atoms in total. The molecule has 0 aliphatic rings. The number of carbonyl (C=O) groups excluding carboxylic acids is 2. The number of ether oxygens (including phenoxy) is 3. The molecule has 2 aromatic heterocycles.